The number of methoxy groups -OCH3 is 1. The minimum atomic E-state index is -0.247. The maximum absolute atomic E-state index is 12.3. The maximum Gasteiger partial charge on any atom is 0.262 e. The van der Waals surface area contributed by atoms with Crippen LogP contribution in [0, 0.1) is 6.92 Å². The fraction of sp³-hybridized carbons (Fsp3) is 0.217. The zero-order chi connectivity index (χ0) is 22.5. The van der Waals surface area contributed by atoms with Crippen molar-refractivity contribution in [3.05, 3.63) is 66.2 Å². The number of anilines is 1. The van der Waals surface area contributed by atoms with Crippen LogP contribution in [0.1, 0.15) is 11.5 Å². The number of rotatable bonds is 8. The van der Waals surface area contributed by atoms with Crippen molar-refractivity contribution >= 4 is 34.4 Å². The van der Waals surface area contributed by atoms with E-state index in [1.807, 2.05) is 42.8 Å². The largest absolute Gasteiger partial charge is 0.497 e. The van der Waals surface area contributed by atoms with E-state index in [0.29, 0.717) is 17.2 Å². The molecule has 0 aliphatic carbocycles. The Kier molecular flexibility index (Phi) is 6.55. The molecule has 0 spiro atoms. The second-order valence-electron chi connectivity index (χ2n) is 7.07. The molecular formula is C23H23N5O3S. The molecule has 0 saturated carbocycles. The van der Waals surface area contributed by atoms with Gasteiger partial charge in [0.25, 0.3) is 5.91 Å². The van der Waals surface area contributed by atoms with E-state index in [1.165, 1.54) is 11.8 Å². The number of benzene rings is 2. The number of nitrogens with zero attached hydrogens (tertiary/aromatic N) is 4. The van der Waals surface area contributed by atoms with Gasteiger partial charge in [0, 0.05) is 24.6 Å². The molecule has 32 heavy (non-hydrogen) atoms. The summed E-state index contributed by atoms with van der Waals surface area (Å²) >= 11 is 1.54. The predicted molar refractivity (Wildman–Crippen MR) is 124 cm³/mol. The van der Waals surface area contributed by atoms with E-state index in [9.17, 15) is 4.79 Å². The smallest absolute Gasteiger partial charge is 0.262 e. The van der Waals surface area contributed by atoms with E-state index in [4.69, 9.17) is 14.5 Å². The molecule has 0 saturated heterocycles. The quantitative estimate of drug-likeness (QED) is 0.321. The summed E-state index contributed by atoms with van der Waals surface area (Å²) in [4.78, 5) is 25.7. The highest BCUT2D eigenvalue weighted by molar-refractivity contribution is 7.98. The molecule has 4 aromatic rings. The molecule has 2 heterocycles. The first-order valence-electron chi connectivity index (χ1n) is 9.96. The Morgan fingerprint density at radius 3 is 2.62 bits per heavy atom. The second-order valence-corrected chi connectivity index (χ2v) is 8.01. The lowest BCUT2D eigenvalue weighted by molar-refractivity contribution is -0.118. The normalized spacial score (nSPS) is 10.8. The van der Waals surface area contributed by atoms with Gasteiger partial charge in [-0.2, -0.15) is 0 Å². The molecule has 0 aliphatic rings. The zero-order valence-electron chi connectivity index (χ0n) is 18.0. The summed E-state index contributed by atoms with van der Waals surface area (Å²) < 4.78 is 12.7. The van der Waals surface area contributed by atoms with Gasteiger partial charge in [0.15, 0.2) is 11.8 Å². The summed E-state index contributed by atoms with van der Waals surface area (Å²) in [5.74, 6) is 2.63. The Labute approximate surface area is 190 Å². The molecule has 0 aliphatic heterocycles. The topological polar surface area (TPSA) is 91.2 Å². The highest BCUT2D eigenvalue weighted by atomic mass is 32.2. The molecule has 1 N–H and O–H groups in total. The number of imidazole rings is 1. The lowest BCUT2D eigenvalue weighted by atomic mass is 10.2. The minimum Gasteiger partial charge on any atom is -0.497 e. The summed E-state index contributed by atoms with van der Waals surface area (Å²) in [5, 5.41) is 3.58. The van der Waals surface area contributed by atoms with Crippen LogP contribution in [-0.2, 0) is 17.6 Å². The number of hydrogen-bond donors (Lipinski definition) is 1. The van der Waals surface area contributed by atoms with Gasteiger partial charge in [-0.1, -0.05) is 11.8 Å². The van der Waals surface area contributed by atoms with Crippen LogP contribution in [0.5, 0.6) is 11.5 Å². The van der Waals surface area contributed by atoms with Gasteiger partial charge in [-0.25, -0.2) is 15.0 Å². The third kappa shape index (κ3) is 5.17. The Morgan fingerprint density at radius 2 is 1.88 bits per heavy atom. The SMILES string of the molecule is COc1ccc(OCC(=O)Nc2ccc3c(c2)nc(CSc2nccc(C)n2)n3C)cc1. The Balaban J connectivity index is 1.38. The summed E-state index contributed by atoms with van der Waals surface area (Å²) in [6, 6.07) is 14.6. The lowest BCUT2D eigenvalue weighted by Gasteiger charge is -2.08. The van der Waals surface area contributed by atoms with Crippen LogP contribution in [0.15, 0.2) is 59.9 Å². The first-order chi connectivity index (χ1) is 15.5. The van der Waals surface area contributed by atoms with Crippen LogP contribution < -0.4 is 14.8 Å². The van der Waals surface area contributed by atoms with Crippen LogP contribution in [-0.4, -0.2) is 39.1 Å². The van der Waals surface area contributed by atoms with Crippen LogP contribution in [0.25, 0.3) is 11.0 Å². The van der Waals surface area contributed by atoms with E-state index < -0.39 is 0 Å². The van der Waals surface area contributed by atoms with Gasteiger partial charge < -0.3 is 19.4 Å². The predicted octanol–water partition coefficient (Wildman–Crippen LogP) is 3.99. The molecule has 164 valence electrons. The van der Waals surface area contributed by atoms with Crippen molar-refractivity contribution < 1.29 is 14.3 Å². The van der Waals surface area contributed by atoms with Gasteiger partial charge in [-0.3, -0.25) is 4.79 Å². The summed E-state index contributed by atoms with van der Waals surface area (Å²) in [6.45, 7) is 1.85. The molecule has 0 fully saturated rings. The molecule has 0 unspecified atom stereocenters. The van der Waals surface area contributed by atoms with Crippen LogP contribution in [0.4, 0.5) is 5.69 Å². The molecule has 8 nitrogen and oxygen atoms in total. The Hall–Kier alpha value is -3.59. The number of ether oxygens (including phenoxy) is 2. The van der Waals surface area contributed by atoms with E-state index in [1.54, 1.807) is 37.6 Å². The summed E-state index contributed by atoms with van der Waals surface area (Å²) in [5.41, 5.74) is 3.39. The van der Waals surface area contributed by atoms with E-state index >= 15 is 0 Å². The van der Waals surface area contributed by atoms with E-state index in [-0.39, 0.29) is 12.5 Å². The maximum atomic E-state index is 12.3. The molecular weight excluding hydrogens is 426 g/mol. The fourth-order valence-corrected chi connectivity index (χ4v) is 3.96. The second kappa shape index (κ2) is 9.69. The van der Waals surface area contributed by atoms with Gasteiger partial charge >= 0.3 is 0 Å². The van der Waals surface area contributed by atoms with Gasteiger partial charge in [-0.15, -0.1) is 0 Å². The third-order valence-corrected chi connectivity index (χ3v) is 5.65. The first kappa shape index (κ1) is 21.6. The summed E-state index contributed by atoms with van der Waals surface area (Å²) in [7, 11) is 3.57. The highest BCUT2D eigenvalue weighted by Crippen LogP contribution is 2.24. The van der Waals surface area contributed by atoms with E-state index in [2.05, 4.69) is 15.3 Å². The standard InChI is InChI=1S/C23H23N5O3S/c1-15-10-11-24-23(25-15)32-14-21-27-19-12-16(4-9-20(19)28(21)2)26-22(29)13-31-18-7-5-17(30-3)6-8-18/h4-12H,13-14H2,1-3H3,(H,26,29). The molecule has 0 radical (unpaired) electrons. The molecule has 2 aromatic carbocycles. The van der Waals surface area contributed by atoms with Crippen molar-refractivity contribution in [2.75, 3.05) is 19.0 Å². The Bertz CT molecular complexity index is 1240. The van der Waals surface area contributed by atoms with Crippen molar-refractivity contribution in [1.29, 1.82) is 0 Å². The summed E-state index contributed by atoms with van der Waals surface area (Å²) in [6.07, 6.45) is 1.76. The number of amides is 1. The number of aromatic nitrogens is 4. The number of thioether (sulfide) groups is 1. The first-order valence-corrected chi connectivity index (χ1v) is 10.9. The number of fused-ring (bicyclic) bond motifs is 1. The van der Waals surface area contributed by atoms with Crippen molar-refractivity contribution in [2.45, 2.75) is 17.8 Å². The van der Waals surface area contributed by atoms with Crippen molar-refractivity contribution in [3.8, 4) is 11.5 Å². The molecule has 2 aromatic heterocycles. The molecule has 9 heteroatoms. The molecule has 4 rings (SSSR count). The third-order valence-electron chi connectivity index (χ3n) is 4.79. The van der Waals surface area contributed by atoms with Crippen molar-refractivity contribution in [1.82, 2.24) is 19.5 Å². The molecule has 1 amide bonds. The van der Waals surface area contributed by atoms with Crippen LogP contribution >= 0.6 is 11.8 Å². The van der Waals surface area contributed by atoms with Crippen molar-refractivity contribution in [2.24, 2.45) is 7.05 Å². The van der Waals surface area contributed by atoms with Gasteiger partial charge in [0.05, 0.1) is 23.9 Å². The molecule has 0 atom stereocenters. The average molecular weight is 450 g/mol. The number of carbonyl (C=O) groups is 1. The minimum absolute atomic E-state index is 0.0923. The average Bonchev–Trinajstić information content (AvgIpc) is 3.11. The Morgan fingerprint density at radius 1 is 1.09 bits per heavy atom. The van der Waals surface area contributed by atoms with Crippen molar-refractivity contribution in [3.63, 3.8) is 0 Å². The number of hydrogen-bond acceptors (Lipinski definition) is 7. The van der Waals surface area contributed by atoms with Gasteiger partial charge in [0.1, 0.15) is 17.3 Å². The number of aryl methyl sites for hydroxylation is 2. The number of carbonyl (C=O) groups excluding carboxylic acids is 1. The van der Waals surface area contributed by atoms with Gasteiger partial charge in [-0.05, 0) is 55.5 Å². The zero-order valence-corrected chi connectivity index (χ0v) is 18.8. The monoisotopic (exact) mass is 449 g/mol. The number of nitrogens with one attached hydrogen (secondary N) is 1. The van der Waals surface area contributed by atoms with Crippen LogP contribution in [0.2, 0.25) is 0 Å². The van der Waals surface area contributed by atoms with Crippen LogP contribution in [0.3, 0.4) is 0 Å². The lowest BCUT2D eigenvalue weighted by Crippen LogP contribution is -2.20. The molecule has 0 bridgehead atoms. The fourth-order valence-electron chi connectivity index (χ4n) is 3.10. The highest BCUT2D eigenvalue weighted by Gasteiger charge is 2.11. The van der Waals surface area contributed by atoms with Gasteiger partial charge in [0.2, 0.25) is 0 Å². The van der Waals surface area contributed by atoms with E-state index in [0.717, 1.165) is 33.5 Å².